The van der Waals surface area contributed by atoms with Gasteiger partial charge in [-0.1, -0.05) is 48.5 Å². The van der Waals surface area contributed by atoms with Crippen LogP contribution in [0.1, 0.15) is 0 Å². The number of aromatic hydroxyl groups is 1. The largest absolute Gasteiger partial charge is 0.493 e. The van der Waals surface area contributed by atoms with Crippen LogP contribution >= 0.6 is 0 Å². The molecule has 2 heterocycles. The van der Waals surface area contributed by atoms with Gasteiger partial charge in [0.15, 0.2) is 5.69 Å². The van der Waals surface area contributed by atoms with Gasteiger partial charge in [-0.3, -0.25) is 0 Å². The molecule has 0 saturated carbocycles. The summed E-state index contributed by atoms with van der Waals surface area (Å²) in [7, 11) is 0. The Labute approximate surface area is 136 Å². The summed E-state index contributed by atoms with van der Waals surface area (Å²) in [6.07, 6.45) is 1.57. The average molecular weight is 316 g/mol. The highest BCUT2D eigenvalue weighted by Crippen LogP contribution is 2.35. The zero-order valence-corrected chi connectivity index (χ0v) is 12.5. The van der Waals surface area contributed by atoms with Gasteiger partial charge in [-0.2, -0.15) is 5.10 Å². The van der Waals surface area contributed by atoms with E-state index in [1.807, 2.05) is 54.6 Å². The molecule has 0 aliphatic heterocycles. The molecule has 0 aliphatic rings. The summed E-state index contributed by atoms with van der Waals surface area (Å²) in [5.74, 6) is 0.0770. The van der Waals surface area contributed by atoms with Crippen LogP contribution in [0.3, 0.4) is 0 Å². The molecule has 0 aliphatic carbocycles. The third-order valence-electron chi connectivity index (χ3n) is 3.52. The van der Waals surface area contributed by atoms with Gasteiger partial charge in [0.05, 0.1) is 17.4 Å². The van der Waals surface area contributed by atoms with Gasteiger partial charge in [0, 0.05) is 10.9 Å². The number of para-hydroxylation sites is 1. The highest BCUT2D eigenvalue weighted by Gasteiger charge is 2.10. The Hall–Kier alpha value is -3.61. The SMILES string of the molecule is Oc1[nH]c2ccccc2c1N=Nc1nncc(-c2ccccc2)n1. The minimum Gasteiger partial charge on any atom is -0.493 e. The molecule has 2 N–H and O–H groups in total. The summed E-state index contributed by atoms with van der Waals surface area (Å²) in [5, 5.41) is 26.6. The van der Waals surface area contributed by atoms with E-state index in [1.54, 1.807) is 6.20 Å². The van der Waals surface area contributed by atoms with Crippen molar-refractivity contribution >= 4 is 22.5 Å². The van der Waals surface area contributed by atoms with E-state index < -0.39 is 0 Å². The zero-order chi connectivity index (χ0) is 16.4. The standard InChI is InChI=1S/C17H12N6O/c24-16-15(12-8-4-5-9-13(12)19-16)21-23-17-20-14(10-18-22-17)11-6-2-1-3-7-11/h1-10,19,24H. The number of fused-ring (bicyclic) bond motifs is 1. The number of nitrogens with one attached hydrogen (secondary N) is 1. The molecule has 0 bridgehead atoms. The fourth-order valence-electron chi connectivity index (χ4n) is 2.39. The highest BCUT2D eigenvalue weighted by molar-refractivity contribution is 5.94. The molecular formula is C17H12N6O. The normalized spacial score (nSPS) is 11.3. The second-order valence-electron chi connectivity index (χ2n) is 5.08. The number of rotatable bonds is 3. The first-order valence-corrected chi connectivity index (χ1v) is 7.28. The first kappa shape index (κ1) is 14.0. The van der Waals surface area contributed by atoms with E-state index in [4.69, 9.17) is 0 Å². The summed E-state index contributed by atoms with van der Waals surface area (Å²) >= 11 is 0. The van der Waals surface area contributed by atoms with E-state index in [0.29, 0.717) is 11.4 Å². The summed E-state index contributed by atoms with van der Waals surface area (Å²) < 4.78 is 0. The maximum absolute atomic E-state index is 9.98. The van der Waals surface area contributed by atoms with Crippen LogP contribution in [0.2, 0.25) is 0 Å². The molecule has 7 heteroatoms. The number of azo groups is 1. The smallest absolute Gasteiger partial charge is 0.288 e. The summed E-state index contributed by atoms with van der Waals surface area (Å²) in [4.78, 5) is 7.17. The minimum atomic E-state index is -0.0490. The fraction of sp³-hybridized carbons (Fsp3) is 0. The van der Waals surface area contributed by atoms with Crippen LogP contribution in [0.15, 0.2) is 71.0 Å². The molecule has 2 aromatic carbocycles. The lowest BCUT2D eigenvalue weighted by Crippen LogP contribution is -1.89. The number of benzene rings is 2. The van der Waals surface area contributed by atoms with Gasteiger partial charge in [-0.15, -0.1) is 15.3 Å². The summed E-state index contributed by atoms with van der Waals surface area (Å²) in [6.45, 7) is 0. The van der Waals surface area contributed by atoms with Crippen LogP contribution in [0.25, 0.3) is 22.2 Å². The van der Waals surface area contributed by atoms with Crippen LogP contribution in [0, 0.1) is 0 Å². The Balaban J connectivity index is 1.70. The van der Waals surface area contributed by atoms with Gasteiger partial charge < -0.3 is 10.1 Å². The molecule has 0 unspecified atom stereocenters. The van der Waals surface area contributed by atoms with Gasteiger partial charge in [0.25, 0.3) is 5.95 Å². The Bertz CT molecular complexity index is 1030. The van der Waals surface area contributed by atoms with Crippen LogP contribution < -0.4 is 0 Å². The van der Waals surface area contributed by atoms with Crippen molar-refractivity contribution in [1.29, 1.82) is 0 Å². The van der Waals surface area contributed by atoms with E-state index in [0.717, 1.165) is 16.5 Å². The Morgan fingerprint density at radius 3 is 2.58 bits per heavy atom. The molecular weight excluding hydrogens is 304 g/mol. The molecule has 0 fully saturated rings. The van der Waals surface area contributed by atoms with Crippen molar-refractivity contribution in [3.8, 4) is 17.1 Å². The predicted molar refractivity (Wildman–Crippen MR) is 89.4 cm³/mol. The fourth-order valence-corrected chi connectivity index (χ4v) is 2.39. The third kappa shape index (κ3) is 2.58. The number of hydrogen-bond acceptors (Lipinski definition) is 6. The van der Waals surface area contributed by atoms with Gasteiger partial charge in [-0.05, 0) is 6.07 Å². The van der Waals surface area contributed by atoms with E-state index in [2.05, 4.69) is 30.4 Å². The van der Waals surface area contributed by atoms with Crippen LogP contribution in [-0.4, -0.2) is 25.3 Å². The lowest BCUT2D eigenvalue weighted by Gasteiger charge is -1.99. The molecule has 0 saturated heterocycles. The quantitative estimate of drug-likeness (QED) is 0.555. The van der Waals surface area contributed by atoms with Crippen molar-refractivity contribution < 1.29 is 5.11 Å². The molecule has 2 aromatic heterocycles. The summed E-state index contributed by atoms with van der Waals surface area (Å²) in [5.41, 5.74) is 2.70. The van der Waals surface area contributed by atoms with Gasteiger partial charge in [0.2, 0.25) is 5.88 Å². The molecule has 7 nitrogen and oxygen atoms in total. The zero-order valence-electron chi connectivity index (χ0n) is 12.5. The monoisotopic (exact) mass is 316 g/mol. The topological polar surface area (TPSA) is 99.4 Å². The maximum Gasteiger partial charge on any atom is 0.288 e. The summed E-state index contributed by atoms with van der Waals surface area (Å²) in [6, 6.07) is 17.1. The van der Waals surface area contributed by atoms with Crippen LogP contribution in [0.5, 0.6) is 5.88 Å². The number of hydrogen-bond donors (Lipinski definition) is 2. The Morgan fingerprint density at radius 2 is 1.71 bits per heavy atom. The Kier molecular flexibility index (Phi) is 3.43. The van der Waals surface area contributed by atoms with Crippen molar-refractivity contribution in [2.75, 3.05) is 0 Å². The Morgan fingerprint density at radius 1 is 0.917 bits per heavy atom. The van der Waals surface area contributed by atoms with E-state index in [9.17, 15) is 5.11 Å². The van der Waals surface area contributed by atoms with E-state index >= 15 is 0 Å². The van der Waals surface area contributed by atoms with Crippen molar-refractivity contribution in [1.82, 2.24) is 20.2 Å². The van der Waals surface area contributed by atoms with E-state index in [1.165, 1.54) is 0 Å². The second-order valence-corrected chi connectivity index (χ2v) is 5.08. The van der Waals surface area contributed by atoms with Crippen molar-refractivity contribution in [3.63, 3.8) is 0 Å². The number of aromatic nitrogens is 4. The minimum absolute atomic E-state index is 0.0490. The average Bonchev–Trinajstić information content (AvgIpc) is 2.96. The van der Waals surface area contributed by atoms with Crippen LogP contribution in [-0.2, 0) is 0 Å². The first-order valence-electron chi connectivity index (χ1n) is 7.28. The first-order chi connectivity index (χ1) is 11.8. The number of nitrogens with zero attached hydrogens (tertiary/aromatic N) is 5. The molecule has 116 valence electrons. The number of H-pyrrole nitrogens is 1. The van der Waals surface area contributed by atoms with E-state index in [-0.39, 0.29) is 11.8 Å². The molecule has 0 atom stereocenters. The molecule has 24 heavy (non-hydrogen) atoms. The molecule has 0 radical (unpaired) electrons. The van der Waals surface area contributed by atoms with Crippen molar-refractivity contribution in [3.05, 3.63) is 60.8 Å². The molecule has 0 spiro atoms. The second kappa shape index (κ2) is 5.88. The lowest BCUT2D eigenvalue weighted by molar-refractivity contribution is 0.459. The van der Waals surface area contributed by atoms with Crippen molar-refractivity contribution in [2.45, 2.75) is 0 Å². The predicted octanol–water partition coefficient (Wildman–Crippen LogP) is 4.14. The third-order valence-corrected chi connectivity index (χ3v) is 3.52. The van der Waals surface area contributed by atoms with Gasteiger partial charge >= 0.3 is 0 Å². The molecule has 0 amide bonds. The van der Waals surface area contributed by atoms with Gasteiger partial charge in [0.1, 0.15) is 0 Å². The lowest BCUT2D eigenvalue weighted by atomic mass is 10.2. The molecule has 4 rings (SSSR count). The maximum atomic E-state index is 9.98. The van der Waals surface area contributed by atoms with Gasteiger partial charge in [-0.25, -0.2) is 4.98 Å². The highest BCUT2D eigenvalue weighted by atomic mass is 16.3. The number of aromatic amines is 1. The van der Waals surface area contributed by atoms with Crippen molar-refractivity contribution in [2.24, 2.45) is 10.2 Å². The van der Waals surface area contributed by atoms with Crippen LogP contribution in [0.4, 0.5) is 11.6 Å². The molecule has 4 aromatic rings.